The molecule has 4 nitrogen and oxygen atoms in total. The smallest absolute Gasteiger partial charge is 0.0705 e. The van der Waals surface area contributed by atoms with Crippen molar-refractivity contribution in [2.45, 2.75) is 38.1 Å². The van der Waals surface area contributed by atoms with Crippen LogP contribution >= 0.6 is 27.7 Å². The van der Waals surface area contributed by atoms with Crippen molar-refractivity contribution in [3.63, 3.8) is 0 Å². The summed E-state index contributed by atoms with van der Waals surface area (Å²) in [5.41, 5.74) is 1.20. The molecule has 0 aliphatic heterocycles. The van der Waals surface area contributed by atoms with Gasteiger partial charge in [-0.15, -0.1) is 0 Å². The average molecular weight is 350 g/mol. The monoisotopic (exact) mass is 349 g/mol. The first kappa shape index (κ1) is 17.0. The van der Waals surface area contributed by atoms with Crippen molar-refractivity contribution < 1.29 is 4.74 Å². The van der Waals surface area contributed by atoms with E-state index in [4.69, 9.17) is 4.74 Å². The van der Waals surface area contributed by atoms with Crippen molar-refractivity contribution in [1.82, 2.24) is 15.1 Å². The van der Waals surface area contributed by atoms with E-state index in [1.807, 2.05) is 29.7 Å². The second-order valence-electron chi connectivity index (χ2n) is 4.49. The van der Waals surface area contributed by atoms with E-state index in [0.717, 1.165) is 16.8 Å². The number of nitrogens with one attached hydrogen (secondary N) is 1. The van der Waals surface area contributed by atoms with E-state index in [9.17, 15) is 0 Å². The molecule has 110 valence electrons. The molecule has 0 saturated heterocycles. The van der Waals surface area contributed by atoms with Crippen LogP contribution in [0.25, 0.3) is 0 Å². The minimum Gasteiger partial charge on any atom is -0.383 e. The Morgan fingerprint density at radius 3 is 2.89 bits per heavy atom. The van der Waals surface area contributed by atoms with Crippen molar-refractivity contribution in [1.29, 1.82) is 0 Å². The molecular formula is C13H24BrN3OS. The Morgan fingerprint density at radius 2 is 2.32 bits per heavy atom. The quantitative estimate of drug-likeness (QED) is 0.743. The van der Waals surface area contributed by atoms with Gasteiger partial charge < -0.3 is 10.1 Å². The highest BCUT2D eigenvalue weighted by Crippen LogP contribution is 2.27. The molecule has 1 aromatic heterocycles. The molecule has 0 aliphatic carbocycles. The van der Waals surface area contributed by atoms with Crippen molar-refractivity contribution >= 4 is 27.7 Å². The van der Waals surface area contributed by atoms with Crippen LogP contribution in [0.5, 0.6) is 0 Å². The number of hydrogen-bond acceptors (Lipinski definition) is 4. The van der Waals surface area contributed by atoms with Gasteiger partial charge in [0.05, 0.1) is 35.6 Å². The molecule has 0 amide bonds. The molecule has 1 heterocycles. The molecule has 0 aromatic carbocycles. The Morgan fingerprint density at radius 1 is 1.58 bits per heavy atom. The first-order valence-electron chi connectivity index (χ1n) is 6.63. The van der Waals surface area contributed by atoms with Crippen LogP contribution in [0.4, 0.5) is 0 Å². The molecular weight excluding hydrogens is 326 g/mol. The number of hydrogen-bond donors (Lipinski definition) is 1. The molecule has 0 radical (unpaired) electrons. The van der Waals surface area contributed by atoms with Gasteiger partial charge in [-0.3, -0.25) is 4.68 Å². The Balaban J connectivity index is 2.75. The lowest BCUT2D eigenvalue weighted by molar-refractivity contribution is 0.182. The standard InChI is InChI=1S/C13H24BrN3OS/c1-5-10(2)19-9-12(15-3)13-11(14)8-16-17(13)6-7-18-4/h8,10,12,15H,5-7,9H2,1-4H3. The zero-order chi connectivity index (χ0) is 14.3. The third kappa shape index (κ3) is 5.10. The van der Waals surface area contributed by atoms with Gasteiger partial charge >= 0.3 is 0 Å². The number of nitrogens with zero attached hydrogens (tertiary/aromatic N) is 2. The van der Waals surface area contributed by atoms with Crippen LogP contribution < -0.4 is 5.32 Å². The maximum Gasteiger partial charge on any atom is 0.0705 e. The highest BCUT2D eigenvalue weighted by molar-refractivity contribution is 9.10. The molecule has 2 unspecified atom stereocenters. The lowest BCUT2D eigenvalue weighted by Gasteiger charge is -2.20. The largest absolute Gasteiger partial charge is 0.383 e. The number of thioether (sulfide) groups is 1. The fourth-order valence-electron chi connectivity index (χ4n) is 1.75. The van der Waals surface area contributed by atoms with Crippen molar-refractivity contribution in [2.24, 2.45) is 0 Å². The summed E-state index contributed by atoms with van der Waals surface area (Å²) in [6.45, 7) is 5.96. The second-order valence-corrected chi connectivity index (χ2v) is 6.81. The van der Waals surface area contributed by atoms with E-state index >= 15 is 0 Å². The number of rotatable bonds is 9. The molecule has 0 saturated carbocycles. The van der Waals surface area contributed by atoms with E-state index in [1.54, 1.807) is 7.11 Å². The molecule has 6 heteroatoms. The van der Waals surface area contributed by atoms with E-state index in [2.05, 4.69) is 40.2 Å². The highest BCUT2D eigenvalue weighted by atomic mass is 79.9. The number of halogens is 1. The molecule has 2 atom stereocenters. The van der Waals surface area contributed by atoms with Crippen molar-refractivity contribution in [3.05, 3.63) is 16.4 Å². The SMILES string of the molecule is CCC(C)SCC(NC)c1c(Br)cnn1CCOC. The van der Waals surface area contributed by atoms with Gasteiger partial charge in [-0.2, -0.15) is 16.9 Å². The van der Waals surface area contributed by atoms with E-state index in [1.165, 1.54) is 12.1 Å². The van der Waals surface area contributed by atoms with Gasteiger partial charge in [-0.25, -0.2) is 0 Å². The summed E-state index contributed by atoms with van der Waals surface area (Å²) in [7, 11) is 3.72. The molecule has 19 heavy (non-hydrogen) atoms. The minimum atomic E-state index is 0.299. The first-order valence-corrected chi connectivity index (χ1v) is 8.47. The van der Waals surface area contributed by atoms with Gasteiger partial charge in [0.15, 0.2) is 0 Å². The topological polar surface area (TPSA) is 39.1 Å². The zero-order valence-corrected chi connectivity index (χ0v) is 14.6. The van der Waals surface area contributed by atoms with E-state index in [-0.39, 0.29) is 0 Å². The molecule has 0 spiro atoms. The second kappa shape index (κ2) is 9.00. The Labute approximate surface area is 128 Å². The van der Waals surface area contributed by atoms with Crippen LogP contribution in [0.2, 0.25) is 0 Å². The van der Waals surface area contributed by atoms with E-state index in [0.29, 0.717) is 17.9 Å². The Hall–Kier alpha value is -0.0400. The molecule has 1 rings (SSSR count). The zero-order valence-electron chi connectivity index (χ0n) is 12.1. The molecule has 1 N–H and O–H groups in total. The summed E-state index contributed by atoms with van der Waals surface area (Å²) >= 11 is 5.59. The van der Waals surface area contributed by atoms with Crippen molar-refractivity contribution in [3.8, 4) is 0 Å². The number of ether oxygens (including phenoxy) is 1. The summed E-state index contributed by atoms with van der Waals surface area (Å²) in [6.07, 6.45) is 3.06. The minimum absolute atomic E-state index is 0.299. The molecule has 0 bridgehead atoms. The van der Waals surface area contributed by atoms with Gasteiger partial charge in [-0.05, 0) is 29.4 Å². The van der Waals surface area contributed by atoms with Crippen LogP contribution in [0.1, 0.15) is 32.0 Å². The fourth-order valence-corrected chi connectivity index (χ4v) is 3.41. The maximum atomic E-state index is 5.14. The van der Waals surface area contributed by atoms with Gasteiger partial charge in [0, 0.05) is 18.1 Å². The van der Waals surface area contributed by atoms with Crippen LogP contribution in [0.15, 0.2) is 10.7 Å². The lowest BCUT2D eigenvalue weighted by Crippen LogP contribution is -2.24. The summed E-state index contributed by atoms with van der Waals surface area (Å²) in [6, 6.07) is 0.299. The third-order valence-electron chi connectivity index (χ3n) is 3.14. The number of methoxy groups -OCH3 is 1. The summed E-state index contributed by atoms with van der Waals surface area (Å²) in [4.78, 5) is 0. The van der Waals surface area contributed by atoms with E-state index < -0.39 is 0 Å². The Kier molecular flexibility index (Phi) is 8.06. The Bertz CT molecular complexity index is 373. The molecule has 0 aliphatic rings. The van der Waals surface area contributed by atoms with Gasteiger partial charge in [0.25, 0.3) is 0 Å². The van der Waals surface area contributed by atoms with Crippen LogP contribution in [-0.4, -0.2) is 41.5 Å². The predicted molar refractivity (Wildman–Crippen MR) is 85.8 cm³/mol. The normalized spacial score (nSPS) is 14.6. The molecule has 1 aromatic rings. The number of aromatic nitrogens is 2. The lowest BCUT2D eigenvalue weighted by atomic mass is 10.2. The maximum absolute atomic E-state index is 5.14. The summed E-state index contributed by atoms with van der Waals surface area (Å²) < 4.78 is 8.22. The summed E-state index contributed by atoms with van der Waals surface area (Å²) in [5.74, 6) is 1.04. The van der Waals surface area contributed by atoms with Crippen LogP contribution in [0, 0.1) is 0 Å². The van der Waals surface area contributed by atoms with Crippen molar-refractivity contribution in [2.75, 3.05) is 26.5 Å². The predicted octanol–water partition coefficient (Wildman–Crippen LogP) is 3.08. The highest BCUT2D eigenvalue weighted by Gasteiger charge is 2.19. The fraction of sp³-hybridized carbons (Fsp3) is 0.769. The van der Waals surface area contributed by atoms with Gasteiger partial charge in [0.2, 0.25) is 0 Å². The summed E-state index contributed by atoms with van der Waals surface area (Å²) in [5, 5.41) is 8.48. The van der Waals surface area contributed by atoms with Gasteiger partial charge in [-0.1, -0.05) is 13.8 Å². The van der Waals surface area contributed by atoms with Gasteiger partial charge in [0.1, 0.15) is 0 Å². The van der Waals surface area contributed by atoms with Crippen LogP contribution in [0.3, 0.4) is 0 Å². The molecule has 0 fully saturated rings. The first-order chi connectivity index (χ1) is 9.13. The third-order valence-corrected chi connectivity index (χ3v) is 5.18. The van der Waals surface area contributed by atoms with Crippen LogP contribution in [-0.2, 0) is 11.3 Å². The average Bonchev–Trinajstić information content (AvgIpc) is 2.78.